The molecule has 8 nitrogen and oxygen atoms in total. The van der Waals surface area contributed by atoms with Crippen LogP contribution in [0.25, 0.3) is 5.76 Å². The molecule has 1 N–H and O–H groups in total. The van der Waals surface area contributed by atoms with E-state index < -0.39 is 17.2 Å². The molecule has 1 unspecified atom stereocenters. The Morgan fingerprint density at radius 2 is 1.76 bits per heavy atom. The standard InChI is InChI=1S/C30H35N3O5/c1-5-7-18-32-24-12-9-8-11-23(24)30(29(32)37)25(27(35)28(36)33(30)19-10-17-31(3)4)26(34)21-13-15-22(16-14-21)38-20-6-2/h6,8-9,11-16,34H,2,5,7,10,17-20H2,1,3-4H3. The van der Waals surface area contributed by atoms with Gasteiger partial charge in [0.05, 0.1) is 11.3 Å². The minimum atomic E-state index is -1.73. The molecule has 2 amide bonds. The number of rotatable bonds is 11. The summed E-state index contributed by atoms with van der Waals surface area (Å²) in [5, 5.41) is 11.6. The number of para-hydroxylation sites is 1. The molecule has 0 bridgehead atoms. The van der Waals surface area contributed by atoms with Gasteiger partial charge in [-0.2, -0.15) is 0 Å². The average Bonchev–Trinajstić information content (AvgIpc) is 3.29. The number of aliphatic hydroxyl groups excluding tert-OH is 1. The Morgan fingerprint density at radius 3 is 2.42 bits per heavy atom. The highest BCUT2D eigenvalue weighted by Gasteiger charge is 2.66. The van der Waals surface area contributed by atoms with E-state index in [1.54, 1.807) is 47.4 Å². The molecule has 0 radical (unpaired) electrons. The van der Waals surface area contributed by atoms with Crippen molar-refractivity contribution in [1.82, 2.24) is 9.80 Å². The van der Waals surface area contributed by atoms with E-state index >= 15 is 0 Å². The van der Waals surface area contributed by atoms with Gasteiger partial charge in [-0.3, -0.25) is 14.4 Å². The maximum absolute atomic E-state index is 14.4. The highest BCUT2D eigenvalue weighted by Crippen LogP contribution is 2.53. The normalized spacial score (nSPS) is 20.1. The predicted octanol–water partition coefficient (Wildman–Crippen LogP) is 3.93. The zero-order chi connectivity index (χ0) is 27.4. The van der Waals surface area contributed by atoms with E-state index in [1.807, 2.05) is 38.1 Å². The van der Waals surface area contributed by atoms with Crippen LogP contribution in [-0.2, 0) is 19.9 Å². The fourth-order valence-corrected chi connectivity index (χ4v) is 5.26. The molecule has 2 aromatic rings. The molecule has 0 aliphatic carbocycles. The third-order valence-corrected chi connectivity index (χ3v) is 7.03. The van der Waals surface area contributed by atoms with E-state index in [2.05, 4.69) is 6.58 Å². The second-order valence-electron chi connectivity index (χ2n) is 9.83. The minimum absolute atomic E-state index is 0.190. The van der Waals surface area contributed by atoms with Gasteiger partial charge in [-0.25, -0.2) is 0 Å². The van der Waals surface area contributed by atoms with Crippen molar-refractivity contribution >= 4 is 29.0 Å². The van der Waals surface area contributed by atoms with Gasteiger partial charge >= 0.3 is 0 Å². The molecule has 38 heavy (non-hydrogen) atoms. The summed E-state index contributed by atoms with van der Waals surface area (Å²) in [6.07, 6.45) is 3.81. The summed E-state index contributed by atoms with van der Waals surface area (Å²) in [5.74, 6) is -1.84. The van der Waals surface area contributed by atoms with Crippen molar-refractivity contribution in [3.05, 3.63) is 77.9 Å². The molecule has 0 saturated carbocycles. The summed E-state index contributed by atoms with van der Waals surface area (Å²) in [6.45, 7) is 7.30. The lowest BCUT2D eigenvalue weighted by atomic mass is 9.82. The Labute approximate surface area is 223 Å². The van der Waals surface area contributed by atoms with Crippen molar-refractivity contribution < 1.29 is 24.2 Å². The highest BCUT2D eigenvalue weighted by molar-refractivity contribution is 6.50. The summed E-state index contributed by atoms with van der Waals surface area (Å²) in [5.41, 5.74) is -0.406. The molecule has 0 aromatic heterocycles. The van der Waals surface area contributed by atoms with E-state index in [-0.39, 0.29) is 23.8 Å². The summed E-state index contributed by atoms with van der Waals surface area (Å²) in [4.78, 5) is 46.6. The van der Waals surface area contributed by atoms with Gasteiger partial charge in [0, 0.05) is 24.2 Å². The molecule has 1 saturated heterocycles. The second kappa shape index (κ2) is 11.2. The number of carbonyl (C=O) groups excluding carboxylic acids is 3. The van der Waals surface area contributed by atoms with E-state index in [9.17, 15) is 19.5 Å². The highest BCUT2D eigenvalue weighted by atomic mass is 16.5. The number of anilines is 1. The molecular weight excluding hydrogens is 482 g/mol. The van der Waals surface area contributed by atoms with Crippen molar-refractivity contribution in [2.75, 3.05) is 45.2 Å². The zero-order valence-electron chi connectivity index (χ0n) is 22.3. The van der Waals surface area contributed by atoms with Gasteiger partial charge in [0.25, 0.3) is 17.6 Å². The number of carbonyl (C=O) groups is 3. The average molecular weight is 518 g/mol. The number of ether oxygens (including phenoxy) is 1. The van der Waals surface area contributed by atoms with E-state index in [1.165, 1.54) is 4.90 Å². The molecule has 1 fully saturated rings. The van der Waals surface area contributed by atoms with Gasteiger partial charge in [0.15, 0.2) is 5.54 Å². The Balaban J connectivity index is 1.91. The SMILES string of the molecule is C=CCOc1ccc(C(O)=C2C(=O)C(=O)N(CCCN(C)C)C23C(=O)N(CCCC)c2ccccc23)cc1. The second-order valence-corrected chi connectivity index (χ2v) is 9.83. The van der Waals surface area contributed by atoms with Crippen LogP contribution >= 0.6 is 0 Å². The lowest BCUT2D eigenvalue weighted by Crippen LogP contribution is -2.52. The molecule has 2 aliphatic heterocycles. The first-order chi connectivity index (χ1) is 18.3. The maximum atomic E-state index is 14.4. The molecule has 8 heteroatoms. The van der Waals surface area contributed by atoms with E-state index in [0.717, 1.165) is 12.8 Å². The van der Waals surface area contributed by atoms with Gasteiger partial charge in [-0.1, -0.05) is 44.2 Å². The number of aliphatic hydroxyl groups is 1. The van der Waals surface area contributed by atoms with Crippen LogP contribution in [0.5, 0.6) is 5.75 Å². The molecule has 200 valence electrons. The Kier molecular flexibility index (Phi) is 8.02. The Morgan fingerprint density at radius 1 is 1.05 bits per heavy atom. The van der Waals surface area contributed by atoms with E-state index in [0.29, 0.717) is 48.7 Å². The van der Waals surface area contributed by atoms with Crippen LogP contribution in [0.4, 0.5) is 5.69 Å². The van der Waals surface area contributed by atoms with Crippen molar-refractivity contribution in [2.24, 2.45) is 0 Å². The summed E-state index contributed by atoms with van der Waals surface area (Å²) >= 11 is 0. The van der Waals surface area contributed by atoms with Gasteiger partial charge in [-0.15, -0.1) is 0 Å². The van der Waals surface area contributed by atoms with Crippen molar-refractivity contribution in [3.8, 4) is 5.75 Å². The minimum Gasteiger partial charge on any atom is -0.507 e. The fourth-order valence-electron chi connectivity index (χ4n) is 5.26. The molecule has 2 aromatic carbocycles. The quantitative estimate of drug-likeness (QED) is 0.210. The van der Waals surface area contributed by atoms with Crippen LogP contribution in [0, 0.1) is 0 Å². The van der Waals surface area contributed by atoms with Crippen molar-refractivity contribution in [2.45, 2.75) is 31.7 Å². The Hall–Kier alpha value is -3.91. The van der Waals surface area contributed by atoms with Gasteiger partial charge < -0.3 is 24.5 Å². The third kappa shape index (κ3) is 4.49. The van der Waals surface area contributed by atoms with Gasteiger partial charge in [0.1, 0.15) is 18.1 Å². The lowest BCUT2D eigenvalue weighted by molar-refractivity contribution is -0.143. The fraction of sp³-hybridized carbons (Fsp3) is 0.367. The summed E-state index contributed by atoms with van der Waals surface area (Å²) < 4.78 is 5.53. The third-order valence-electron chi connectivity index (χ3n) is 7.03. The first-order valence-corrected chi connectivity index (χ1v) is 13.0. The van der Waals surface area contributed by atoms with Crippen LogP contribution in [-0.4, -0.2) is 72.8 Å². The summed E-state index contributed by atoms with van der Waals surface area (Å²) in [7, 11) is 3.85. The maximum Gasteiger partial charge on any atom is 0.296 e. The number of likely N-dealkylation sites (tertiary alicyclic amines) is 1. The number of hydrogen-bond acceptors (Lipinski definition) is 6. The van der Waals surface area contributed by atoms with Crippen molar-refractivity contribution in [1.29, 1.82) is 0 Å². The lowest BCUT2D eigenvalue weighted by Gasteiger charge is -2.34. The number of fused-ring (bicyclic) bond motifs is 2. The molecule has 4 rings (SSSR count). The first kappa shape index (κ1) is 27.1. The smallest absolute Gasteiger partial charge is 0.296 e. The van der Waals surface area contributed by atoms with E-state index in [4.69, 9.17) is 4.74 Å². The van der Waals surface area contributed by atoms with Crippen LogP contribution in [0.2, 0.25) is 0 Å². The Bertz CT molecular complexity index is 1270. The zero-order valence-corrected chi connectivity index (χ0v) is 22.3. The van der Waals surface area contributed by atoms with Crippen molar-refractivity contribution in [3.63, 3.8) is 0 Å². The number of ketones is 1. The van der Waals surface area contributed by atoms with Gasteiger partial charge in [-0.05, 0) is 63.8 Å². The summed E-state index contributed by atoms with van der Waals surface area (Å²) in [6, 6.07) is 13.8. The number of hydrogen-bond donors (Lipinski definition) is 1. The number of amides is 2. The van der Waals surface area contributed by atoms with Crippen LogP contribution in [0.3, 0.4) is 0 Å². The molecule has 1 atom stereocenters. The van der Waals surface area contributed by atoms with Crippen LogP contribution in [0.15, 0.2) is 66.8 Å². The topological polar surface area (TPSA) is 90.4 Å². The number of benzene rings is 2. The molecule has 2 aliphatic rings. The van der Waals surface area contributed by atoms with Crippen LogP contribution in [0.1, 0.15) is 37.3 Å². The monoisotopic (exact) mass is 517 g/mol. The molecule has 1 spiro atoms. The predicted molar refractivity (Wildman–Crippen MR) is 147 cm³/mol. The molecule has 2 heterocycles. The van der Waals surface area contributed by atoms with Crippen LogP contribution < -0.4 is 9.64 Å². The largest absolute Gasteiger partial charge is 0.507 e. The molecular formula is C30H35N3O5. The number of unbranched alkanes of at least 4 members (excludes halogenated alkanes) is 1. The number of Topliss-reactive ketones (excluding diaryl/α,β-unsaturated/α-hetero) is 1. The number of nitrogens with zero attached hydrogens (tertiary/aromatic N) is 3. The van der Waals surface area contributed by atoms with Gasteiger partial charge in [0.2, 0.25) is 0 Å². The first-order valence-electron chi connectivity index (χ1n) is 13.0.